The van der Waals surface area contributed by atoms with Crippen LogP contribution in [-0.2, 0) is 9.53 Å². The Hall–Kier alpha value is -3.45. The molecule has 1 fully saturated rings. The molecule has 1 aliphatic rings. The van der Waals surface area contributed by atoms with Crippen LogP contribution in [0.4, 0.5) is 17.6 Å². The minimum absolute atomic E-state index is 0.187. The topological polar surface area (TPSA) is 88.5 Å². The van der Waals surface area contributed by atoms with E-state index in [0.717, 1.165) is 0 Å². The molecule has 0 spiro atoms. The number of halogens is 4. The van der Waals surface area contributed by atoms with E-state index < -0.39 is 12.1 Å². The molecule has 2 N–H and O–H groups in total. The van der Waals surface area contributed by atoms with Crippen LogP contribution in [0.25, 0.3) is 0 Å². The zero-order valence-electron chi connectivity index (χ0n) is 15.6. The van der Waals surface area contributed by atoms with E-state index in [1.165, 1.54) is 18.3 Å². The summed E-state index contributed by atoms with van der Waals surface area (Å²) in [7, 11) is 0. The van der Waals surface area contributed by atoms with Gasteiger partial charge in [-0.1, -0.05) is 12.0 Å². The Morgan fingerprint density at radius 3 is 2.33 bits per heavy atom. The Balaban J connectivity index is 0.000000396. The molecule has 2 heterocycles. The van der Waals surface area contributed by atoms with Crippen LogP contribution in [0.3, 0.4) is 0 Å². The fraction of sp³-hybridized carbons (Fsp3) is 0.250. The van der Waals surface area contributed by atoms with Crippen molar-refractivity contribution in [3.8, 4) is 11.8 Å². The molecule has 1 aromatic heterocycles. The van der Waals surface area contributed by atoms with E-state index in [4.69, 9.17) is 14.6 Å². The van der Waals surface area contributed by atoms with Gasteiger partial charge in [0.2, 0.25) is 0 Å². The second-order valence-electron chi connectivity index (χ2n) is 6.50. The summed E-state index contributed by atoms with van der Waals surface area (Å²) < 4.78 is 49.9. The van der Waals surface area contributed by atoms with E-state index in [1.807, 2.05) is 6.92 Å². The predicted octanol–water partition coefficient (Wildman–Crippen LogP) is 2.77. The number of benzene rings is 1. The predicted molar refractivity (Wildman–Crippen MR) is 97.0 cm³/mol. The number of hydrogen-bond acceptors (Lipinski definition) is 4. The molecule has 10 heteroatoms. The first kappa shape index (κ1) is 22.8. The van der Waals surface area contributed by atoms with Crippen molar-refractivity contribution in [1.29, 1.82) is 0 Å². The zero-order chi connectivity index (χ0) is 22.4. The largest absolute Gasteiger partial charge is 0.490 e. The highest BCUT2D eigenvalue weighted by atomic mass is 19.4. The minimum atomic E-state index is -5.08. The molecule has 1 aliphatic heterocycles. The summed E-state index contributed by atoms with van der Waals surface area (Å²) in [5.74, 6) is 2.41. The smallest absolute Gasteiger partial charge is 0.475 e. The van der Waals surface area contributed by atoms with E-state index in [0.29, 0.717) is 30.0 Å². The maximum Gasteiger partial charge on any atom is 0.490 e. The van der Waals surface area contributed by atoms with E-state index in [-0.39, 0.29) is 17.3 Å². The summed E-state index contributed by atoms with van der Waals surface area (Å²) in [5.41, 5.74) is 1.26. The molecule has 0 bridgehead atoms. The van der Waals surface area contributed by atoms with E-state index in [2.05, 4.69) is 22.1 Å². The van der Waals surface area contributed by atoms with Gasteiger partial charge in [-0.2, -0.15) is 13.2 Å². The lowest BCUT2D eigenvalue weighted by Gasteiger charge is -2.38. The van der Waals surface area contributed by atoms with Crippen LogP contribution in [-0.4, -0.2) is 46.9 Å². The zero-order valence-corrected chi connectivity index (χ0v) is 15.6. The summed E-state index contributed by atoms with van der Waals surface area (Å²) in [5, 5.41) is 10.0. The first-order valence-corrected chi connectivity index (χ1v) is 8.42. The highest BCUT2D eigenvalue weighted by molar-refractivity contribution is 5.94. The van der Waals surface area contributed by atoms with Gasteiger partial charge >= 0.3 is 12.1 Å². The van der Waals surface area contributed by atoms with Crippen LogP contribution in [0, 0.1) is 17.7 Å². The number of pyridine rings is 1. The number of hydrogen-bond donors (Lipinski definition) is 2. The number of alkyl halides is 3. The van der Waals surface area contributed by atoms with Gasteiger partial charge in [0.15, 0.2) is 0 Å². The second-order valence-corrected chi connectivity index (χ2v) is 6.50. The minimum Gasteiger partial charge on any atom is -0.475 e. The fourth-order valence-corrected chi connectivity index (χ4v) is 2.13. The van der Waals surface area contributed by atoms with E-state index in [1.54, 1.807) is 24.3 Å². The average Bonchev–Trinajstić information content (AvgIpc) is 2.65. The standard InChI is InChI=1S/C18H15FN2O2.C2HF3O2/c1-18(11-23-12-18)21-17(22)14-6-8-16(20-10-14)7-5-13-3-2-4-15(19)9-13;3-2(4,5)1(6)7/h2-4,6,8-10H,11-12H2,1H3,(H,21,22);(H,6,7). The molecule has 0 radical (unpaired) electrons. The van der Waals surface area contributed by atoms with Crippen molar-refractivity contribution in [3.05, 3.63) is 65.2 Å². The van der Waals surface area contributed by atoms with Crippen molar-refractivity contribution < 1.29 is 37.0 Å². The SMILES string of the molecule is CC1(NC(=O)c2ccc(C#Cc3cccc(F)c3)nc2)COC1.O=C(O)C(F)(F)F. The lowest BCUT2D eigenvalue weighted by atomic mass is 10.0. The maximum atomic E-state index is 13.1. The molecule has 0 aliphatic carbocycles. The van der Waals surface area contributed by atoms with Crippen LogP contribution in [0.1, 0.15) is 28.5 Å². The summed E-state index contributed by atoms with van der Waals surface area (Å²) in [6.45, 7) is 2.97. The van der Waals surface area contributed by atoms with Crippen molar-refractivity contribution in [1.82, 2.24) is 10.3 Å². The molecular formula is C20H16F4N2O4. The van der Waals surface area contributed by atoms with Gasteiger partial charge < -0.3 is 15.2 Å². The Morgan fingerprint density at radius 1 is 1.20 bits per heavy atom. The van der Waals surface area contributed by atoms with Gasteiger partial charge in [-0.3, -0.25) is 4.79 Å². The number of ether oxygens (including phenoxy) is 1. The van der Waals surface area contributed by atoms with Gasteiger partial charge in [0.25, 0.3) is 5.91 Å². The van der Waals surface area contributed by atoms with Crippen LogP contribution in [0.5, 0.6) is 0 Å². The molecule has 0 saturated carbocycles. The second kappa shape index (κ2) is 9.37. The van der Waals surface area contributed by atoms with Crippen molar-refractivity contribution in [2.24, 2.45) is 0 Å². The summed E-state index contributed by atoms with van der Waals surface area (Å²) in [6.07, 6.45) is -3.60. The number of amides is 1. The van der Waals surface area contributed by atoms with E-state index >= 15 is 0 Å². The maximum absolute atomic E-state index is 13.1. The Kier molecular flexibility index (Phi) is 7.13. The van der Waals surface area contributed by atoms with Gasteiger partial charge in [0.05, 0.1) is 24.3 Å². The van der Waals surface area contributed by atoms with Crippen molar-refractivity contribution in [3.63, 3.8) is 0 Å². The average molecular weight is 424 g/mol. The fourth-order valence-electron chi connectivity index (χ4n) is 2.13. The third kappa shape index (κ3) is 6.86. The molecule has 158 valence electrons. The number of carbonyl (C=O) groups is 2. The lowest BCUT2D eigenvalue weighted by molar-refractivity contribution is -0.192. The summed E-state index contributed by atoms with van der Waals surface area (Å²) >= 11 is 0. The number of carboxylic acid groups (broad SMARTS) is 1. The monoisotopic (exact) mass is 424 g/mol. The first-order chi connectivity index (χ1) is 14.0. The van der Waals surface area contributed by atoms with Crippen LogP contribution in [0.2, 0.25) is 0 Å². The highest BCUT2D eigenvalue weighted by Crippen LogP contribution is 2.16. The molecule has 0 unspecified atom stereocenters. The number of aromatic nitrogens is 1. The van der Waals surface area contributed by atoms with Gasteiger partial charge in [-0.15, -0.1) is 0 Å². The third-order valence-electron chi connectivity index (χ3n) is 3.68. The molecule has 1 amide bonds. The highest BCUT2D eigenvalue weighted by Gasteiger charge is 2.38. The quantitative estimate of drug-likeness (QED) is 0.572. The molecular weight excluding hydrogens is 408 g/mol. The number of aliphatic carboxylic acids is 1. The molecule has 0 atom stereocenters. The number of rotatable bonds is 2. The Morgan fingerprint density at radius 2 is 1.87 bits per heavy atom. The van der Waals surface area contributed by atoms with Crippen LogP contribution >= 0.6 is 0 Å². The third-order valence-corrected chi connectivity index (χ3v) is 3.68. The summed E-state index contributed by atoms with van der Waals surface area (Å²) in [4.78, 5) is 25.1. The number of carboxylic acids is 1. The molecule has 1 aromatic carbocycles. The summed E-state index contributed by atoms with van der Waals surface area (Å²) in [6, 6.07) is 9.38. The molecule has 3 rings (SSSR count). The van der Waals surface area contributed by atoms with Gasteiger partial charge in [-0.25, -0.2) is 14.2 Å². The van der Waals surface area contributed by atoms with Crippen molar-refractivity contribution >= 4 is 11.9 Å². The van der Waals surface area contributed by atoms with Crippen LogP contribution < -0.4 is 5.32 Å². The molecule has 2 aromatic rings. The van der Waals surface area contributed by atoms with Crippen molar-refractivity contribution in [2.45, 2.75) is 18.6 Å². The molecule has 30 heavy (non-hydrogen) atoms. The first-order valence-electron chi connectivity index (χ1n) is 8.42. The van der Waals surface area contributed by atoms with Gasteiger partial charge in [0.1, 0.15) is 11.5 Å². The Bertz CT molecular complexity index is 975. The number of carbonyl (C=O) groups excluding carboxylic acids is 1. The molecule has 1 saturated heterocycles. The lowest BCUT2D eigenvalue weighted by Crippen LogP contribution is -2.59. The normalized spacial score (nSPS) is 14.2. The Labute approximate surface area is 168 Å². The van der Waals surface area contributed by atoms with Crippen LogP contribution in [0.15, 0.2) is 42.6 Å². The number of nitrogens with one attached hydrogen (secondary N) is 1. The van der Waals surface area contributed by atoms with E-state index in [9.17, 15) is 22.4 Å². The van der Waals surface area contributed by atoms with Gasteiger partial charge in [0, 0.05) is 11.8 Å². The van der Waals surface area contributed by atoms with Crippen molar-refractivity contribution in [2.75, 3.05) is 13.2 Å². The number of nitrogens with zero attached hydrogens (tertiary/aromatic N) is 1. The van der Waals surface area contributed by atoms with Gasteiger partial charge in [-0.05, 0) is 43.2 Å². The molecule has 6 nitrogen and oxygen atoms in total.